The molecule has 1 unspecified atom stereocenters. The summed E-state index contributed by atoms with van der Waals surface area (Å²) >= 11 is 3.06. The lowest BCUT2D eigenvalue weighted by Gasteiger charge is -2.18. The minimum atomic E-state index is -0.582. The van der Waals surface area contributed by atoms with Crippen LogP contribution >= 0.6 is 15.9 Å². The summed E-state index contributed by atoms with van der Waals surface area (Å²) in [4.78, 5) is 0. The third-order valence-corrected chi connectivity index (χ3v) is 3.45. The topological polar surface area (TPSA) is 38.0 Å². The molecule has 0 aliphatic heterocycles. The monoisotopic (exact) mass is 332 g/mol. The van der Waals surface area contributed by atoms with Gasteiger partial charge in [0.25, 0.3) is 0 Å². The average molecular weight is 333 g/mol. The number of nitrogens with one attached hydrogen (secondary N) is 1. The van der Waals surface area contributed by atoms with Gasteiger partial charge in [0.05, 0.1) is 6.04 Å². The molecule has 1 aromatic carbocycles. The number of hydrogen-bond acceptors (Lipinski definition) is 2. The van der Waals surface area contributed by atoms with E-state index in [4.69, 9.17) is 5.84 Å². The molecule has 19 heavy (non-hydrogen) atoms. The van der Waals surface area contributed by atoms with Crippen molar-refractivity contribution in [3.05, 3.63) is 46.5 Å². The number of halogens is 3. The van der Waals surface area contributed by atoms with Gasteiger partial charge < -0.3 is 0 Å². The van der Waals surface area contributed by atoms with Gasteiger partial charge in [0.2, 0.25) is 0 Å². The molecule has 0 fully saturated rings. The van der Waals surface area contributed by atoms with Gasteiger partial charge in [0, 0.05) is 10.0 Å². The molecule has 0 aromatic heterocycles. The van der Waals surface area contributed by atoms with Crippen LogP contribution in [0.2, 0.25) is 0 Å². The van der Waals surface area contributed by atoms with E-state index in [1.807, 2.05) is 6.08 Å². The SMILES string of the molecule is C=CCCCCCC(NN)c1c(F)cc(Br)cc1F. The summed E-state index contributed by atoms with van der Waals surface area (Å²) in [5, 5.41) is 0. The first-order valence-corrected chi connectivity index (χ1v) is 7.11. The molecule has 0 saturated heterocycles. The van der Waals surface area contributed by atoms with E-state index in [1.54, 1.807) is 0 Å². The highest BCUT2D eigenvalue weighted by Gasteiger charge is 2.19. The molecule has 0 heterocycles. The maximum absolute atomic E-state index is 13.8. The maximum atomic E-state index is 13.8. The van der Waals surface area contributed by atoms with Crippen molar-refractivity contribution in [1.82, 2.24) is 5.43 Å². The number of rotatable bonds is 8. The van der Waals surface area contributed by atoms with Gasteiger partial charge in [-0.2, -0.15) is 0 Å². The van der Waals surface area contributed by atoms with Gasteiger partial charge in [-0.15, -0.1) is 6.58 Å². The van der Waals surface area contributed by atoms with E-state index < -0.39 is 17.7 Å². The van der Waals surface area contributed by atoms with Crippen molar-refractivity contribution in [1.29, 1.82) is 0 Å². The van der Waals surface area contributed by atoms with E-state index in [-0.39, 0.29) is 5.56 Å². The summed E-state index contributed by atoms with van der Waals surface area (Å²) in [6, 6.07) is 2.00. The van der Waals surface area contributed by atoms with Crippen LogP contribution in [0, 0.1) is 11.6 Å². The molecule has 0 aliphatic carbocycles. The van der Waals surface area contributed by atoms with Crippen LogP contribution in [0.25, 0.3) is 0 Å². The van der Waals surface area contributed by atoms with Gasteiger partial charge in [-0.3, -0.25) is 11.3 Å². The van der Waals surface area contributed by atoms with E-state index in [2.05, 4.69) is 27.9 Å². The van der Waals surface area contributed by atoms with Crippen LogP contribution in [0.1, 0.15) is 43.7 Å². The molecule has 5 heteroatoms. The van der Waals surface area contributed by atoms with E-state index in [0.29, 0.717) is 10.9 Å². The summed E-state index contributed by atoms with van der Waals surface area (Å²) in [6.07, 6.45) is 6.31. The third-order valence-electron chi connectivity index (χ3n) is 2.99. The van der Waals surface area contributed by atoms with Crippen LogP contribution in [0.3, 0.4) is 0 Å². The van der Waals surface area contributed by atoms with Crippen LogP contribution in [0.4, 0.5) is 8.78 Å². The fourth-order valence-electron chi connectivity index (χ4n) is 2.01. The second-order valence-electron chi connectivity index (χ2n) is 4.43. The largest absolute Gasteiger partial charge is 0.271 e. The zero-order chi connectivity index (χ0) is 14.3. The molecule has 106 valence electrons. The predicted molar refractivity (Wildman–Crippen MR) is 77.4 cm³/mol. The molecule has 2 nitrogen and oxygen atoms in total. The van der Waals surface area contributed by atoms with Crippen LogP contribution in [-0.2, 0) is 0 Å². The molecule has 0 amide bonds. The van der Waals surface area contributed by atoms with Crippen LogP contribution in [-0.4, -0.2) is 0 Å². The van der Waals surface area contributed by atoms with E-state index in [0.717, 1.165) is 25.7 Å². The molecular formula is C14H19BrF2N2. The third kappa shape index (κ3) is 5.01. The summed E-state index contributed by atoms with van der Waals surface area (Å²) in [6.45, 7) is 3.65. The van der Waals surface area contributed by atoms with Crippen molar-refractivity contribution in [3.8, 4) is 0 Å². The van der Waals surface area contributed by atoms with Gasteiger partial charge >= 0.3 is 0 Å². The number of hydrazine groups is 1. The van der Waals surface area contributed by atoms with Crippen molar-refractivity contribution >= 4 is 15.9 Å². The molecule has 3 N–H and O–H groups in total. The Kier molecular flexibility index (Phi) is 7.20. The molecule has 1 rings (SSSR count). The Morgan fingerprint density at radius 2 is 1.89 bits per heavy atom. The van der Waals surface area contributed by atoms with Gasteiger partial charge in [0.1, 0.15) is 11.6 Å². The Morgan fingerprint density at radius 3 is 2.42 bits per heavy atom. The molecule has 1 aromatic rings. The number of nitrogens with two attached hydrogens (primary N) is 1. The fourth-order valence-corrected chi connectivity index (χ4v) is 2.41. The Morgan fingerprint density at radius 1 is 1.26 bits per heavy atom. The summed E-state index contributed by atoms with van der Waals surface area (Å²) < 4.78 is 28.0. The lowest BCUT2D eigenvalue weighted by molar-refractivity contribution is 0.437. The van der Waals surface area contributed by atoms with Crippen LogP contribution in [0.15, 0.2) is 29.3 Å². The van der Waals surface area contributed by atoms with Gasteiger partial charge in [-0.05, 0) is 31.4 Å². The Labute approximate surface area is 121 Å². The molecule has 0 saturated carbocycles. The van der Waals surface area contributed by atoms with Crippen molar-refractivity contribution < 1.29 is 8.78 Å². The highest BCUT2D eigenvalue weighted by atomic mass is 79.9. The van der Waals surface area contributed by atoms with E-state index in [1.165, 1.54) is 12.1 Å². The number of allylic oxidation sites excluding steroid dienone is 1. The lowest BCUT2D eigenvalue weighted by atomic mass is 9.99. The summed E-state index contributed by atoms with van der Waals surface area (Å²) in [7, 11) is 0. The smallest absolute Gasteiger partial charge is 0.132 e. The molecule has 0 radical (unpaired) electrons. The van der Waals surface area contributed by atoms with Crippen molar-refractivity contribution in [2.75, 3.05) is 0 Å². The minimum Gasteiger partial charge on any atom is -0.271 e. The first-order valence-electron chi connectivity index (χ1n) is 6.31. The maximum Gasteiger partial charge on any atom is 0.132 e. The average Bonchev–Trinajstić information content (AvgIpc) is 2.35. The second-order valence-corrected chi connectivity index (χ2v) is 5.34. The number of benzene rings is 1. The zero-order valence-corrected chi connectivity index (χ0v) is 12.3. The van der Waals surface area contributed by atoms with E-state index in [9.17, 15) is 8.78 Å². The van der Waals surface area contributed by atoms with Gasteiger partial charge in [-0.25, -0.2) is 8.78 Å². The molecule has 1 atom stereocenters. The minimum absolute atomic E-state index is 0.00872. The Balaban J connectivity index is 2.67. The highest BCUT2D eigenvalue weighted by molar-refractivity contribution is 9.10. The standard InChI is InChI=1S/C14H19BrF2N2/c1-2-3-4-5-6-7-13(19-18)14-11(16)8-10(15)9-12(14)17/h2,8-9,13,19H,1,3-7,18H2. The summed E-state index contributed by atoms with van der Waals surface area (Å²) in [5.41, 5.74) is 2.50. The first-order chi connectivity index (χ1) is 9.10. The Hall–Kier alpha value is -0.780. The zero-order valence-electron chi connectivity index (χ0n) is 10.8. The van der Waals surface area contributed by atoms with Crippen LogP contribution < -0.4 is 11.3 Å². The van der Waals surface area contributed by atoms with Gasteiger partial charge in [0.15, 0.2) is 0 Å². The lowest BCUT2D eigenvalue weighted by Crippen LogP contribution is -2.29. The highest BCUT2D eigenvalue weighted by Crippen LogP contribution is 2.27. The molecule has 0 bridgehead atoms. The first kappa shape index (κ1) is 16.3. The van der Waals surface area contributed by atoms with E-state index >= 15 is 0 Å². The normalized spacial score (nSPS) is 12.4. The van der Waals surface area contributed by atoms with Crippen LogP contribution in [0.5, 0.6) is 0 Å². The summed E-state index contributed by atoms with van der Waals surface area (Å²) in [5.74, 6) is 4.25. The second kappa shape index (κ2) is 8.40. The molecular weight excluding hydrogens is 314 g/mol. The predicted octanol–water partition coefficient (Wildman–Crippen LogP) is 4.37. The fraction of sp³-hybridized carbons (Fsp3) is 0.429. The van der Waals surface area contributed by atoms with Crippen molar-refractivity contribution in [2.45, 2.75) is 38.1 Å². The molecule has 0 aliphatic rings. The molecule has 0 spiro atoms. The van der Waals surface area contributed by atoms with Crippen molar-refractivity contribution in [3.63, 3.8) is 0 Å². The number of hydrogen-bond donors (Lipinski definition) is 2. The number of unbranched alkanes of at least 4 members (excludes halogenated alkanes) is 3. The quantitative estimate of drug-likeness (QED) is 0.321. The van der Waals surface area contributed by atoms with Crippen molar-refractivity contribution in [2.24, 2.45) is 5.84 Å². The Bertz CT molecular complexity index is 401. The van der Waals surface area contributed by atoms with Gasteiger partial charge in [-0.1, -0.05) is 34.8 Å².